The molecule has 0 aromatic heterocycles. The van der Waals surface area contributed by atoms with E-state index in [9.17, 15) is 58.9 Å². The number of nitriles is 3. The third-order valence-electron chi connectivity index (χ3n) is 15.8. The maximum absolute atomic E-state index is 14.6. The lowest BCUT2D eigenvalue weighted by atomic mass is 9.73. The van der Waals surface area contributed by atoms with Crippen LogP contribution in [0.4, 0.5) is 0 Å². The average molecular weight is 1130 g/mol. The van der Waals surface area contributed by atoms with Crippen LogP contribution < -0.4 is 0 Å². The van der Waals surface area contributed by atoms with Crippen molar-refractivity contribution in [3.05, 3.63) is 67.6 Å². The first-order valence-electron chi connectivity index (χ1n) is 28.3. The van der Waals surface area contributed by atoms with Crippen molar-refractivity contribution < 1.29 is 57.4 Å². The summed E-state index contributed by atoms with van der Waals surface area (Å²) in [4.78, 5) is 133. The summed E-state index contributed by atoms with van der Waals surface area (Å²) in [6, 6.07) is 5.92. The maximum atomic E-state index is 14.6. The van der Waals surface area contributed by atoms with E-state index in [1.54, 1.807) is 0 Å². The van der Waals surface area contributed by atoms with Crippen molar-refractivity contribution in [1.29, 1.82) is 15.8 Å². The molecule has 6 rings (SSSR count). The molecule has 0 bridgehead atoms. The van der Waals surface area contributed by atoms with Crippen molar-refractivity contribution in [2.75, 3.05) is 59.1 Å². The summed E-state index contributed by atoms with van der Waals surface area (Å²) >= 11 is 0. The quantitative estimate of drug-likeness (QED) is 0.0675. The van der Waals surface area contributed by atoms with E-state index in [2.05, 4.69) is 14.7 Å². The largest absolute Gasteiger partial charge is 0.461 e. The van der Waals surface area contributed by atoms with Gasteiger partial charge in [-0.1, -0.05) is 41.5 Å². The van der Waals surface area contributed by atoms with E-state index in [1.165, 1.54) is 41.5 Å². The van der Waals surface area contributed by atoms with E-state index in [0.29, 0.717) is 75.6 Å². The number of allylic oxidation sites excluding steroid dienone is 6. The highest BCUT2D eigenvalue weighted by molar-refractivity contribution is 6.01. The first-order valence-corrected chi connectivity index (χ1v) is 28.3. The van der Waals surface area contributed by atoms with E-state index in [0.717, 1.165) is 53.2 Å². The van der Waals surface area contributed by atoms with Gasteiger partial charge >= 0.3 is 17.9 Å². The molecule has 3 saturated heterocycles. The Morgan fingerprint density at radius 3 is 0.793 bits per heavy atom. The van der Waals surface area contributed by atoms with Crippen LogP contribution in [-0.2, 0) is 57.4 Å². The van der Waals surface area contributed by atoms with Crippen molar-refractivity contribution in [3.8, 4) is 18.2 Å². The minimum atomic E-state index is -1.28. The van der Waals surface area contributed by atoms with Gasteiger partial charge in [0.1, 0.15) is 54.7 Å². The second-order valence-corrected chi connectivity index (χ2v) is 24.7. The molecule has 0 aromatic rings. The molecule has 6 amide bonds. The number of hydrogen-bond acceptors (Lipinski definition) is 18. The van der Waals surface area contributed by atoms with Crippen LogP contribution in [0, 0.1) is 56.2 Å². The number of carbonyl (C=O) groups excluding carboxylic acids is 9. The summed E-state index contributed by atoms with van der Waals surface area (Å²) in [5, 5.41) is 32.5. The van der Waals surface area contributed by atoms with Gasteiger partial charge in [-0.15, -0.1) is 0 Å². The molecule has 21 heteroatoms. The van der Waals surface area contributed by atoms with Crippen LogP contribution >= 0.6 is 0 Å². The molecule has 3 heterocycles. The third-order valence-corrected chi connectivity index (χ3v) is 15.8. The molecule has 0 N–H and O–H groups in total. The minimum Gasteiger partial charge on any atom is -0.461 e. The van der Waals surface area contributed by atoms with Crippen LogP contribution in [0.1, 0.15) is 160 Å². The Morgan fingerprint density at radius 2 is 0.610 bits per heavy atom. The highest BCUT2D eigenvalue weighted by Crippen LogP contribution is 2.49. The van der Waals surface area contributed by atoms with Crippen molar-refractivity contribution >= 4 is 53.4 Å². The number of imide groups is 3. The normalized spacial score (nSPS) is 21.2. The van der Waals surface area contributed by atoms with Crippen LogP contribution in [0.2, 0.25) is 0 Å². The van der Waals surface area contributed by atoms with Crippen LogP contribution in [-0.4, -0.2) is 142 Å². The number of nitrogens with zero attached hydrogens (tertiary/aromatic N) is 9. The number of amides is 6. The van der Waals surface area contributed by atoms with Crippen LogP contribution in [0.15, 0.2) is 67.6 Å². The standard InChI is InChI=1S/C61H79N9O12/c1-37(71)68(38(2)72)53-44(25-59(7,8)28-50(53)65-19-13-14-20-65)47(31-62)56(77)80-34-43(35-81-57(78)48(32-63)45-26-60(9,10)29-51(66-21-15-16-22-66)54(45)69(39(3)73)40(4)74)36-82-58(79)49(33-64)46-27-61(11,12)30-52(67-23-17-18-24-67)55(46)70(41(5)75)42(6)76/h43H,13-30,34-36H2,1-12H3/b47-44+,48-45+,49-46+. The Kier molecular flexibility index (Phi) is 20.0. The molecular weight excluding hydrogens is 1050 g/mol. The lowest BCUT2D eigenvalue weighted by Crippen LogP contribution is -2.41. The summed E-state index contributed by atoms with van der Waals surface area (Å²) < 4.78 is 17.7. The van der Waals surface area contributed by atoms with Crippen molar-refractivity contribution in [2.45, 2.75) is 160 Å². The zero-order valence-corrected chi connectivity index (χ0v) is 49.9. The fraction of sp³-hybridized carbons (Fsp3) is 0.607. The second kappa shape index (κ2) is 25.9. The maximum Gasteiger partial charge on any atom is 0.349 e. The van der Waals surface area contributed by atoms with Crippen molar-refractivity contribution in [1.82, 2.24) is 29.4 Å². The summed E-state index contributed by atoms with van der Waals surface area (Å²) in [6.07, 6.45) is 6.56. The molecule has 0 radical (unpaired) electrons. The first-order chi connectivity index (χ1) is 38.5. The summed E-state index contributed by atoms with van der Waals surface area (Å²) in [5.41, 5.74) is -0.650. The number of esters is 3. The Morgan fingerprint density at radius 1 is 0.402 bits per heavy atom. The minimum absolute atomic E-state index is 0.0827. The van der Waals surface area contributed by atoms with Crippen molar-refractivity contribution in [2.24, 2.45) is 22.2 Å². The Labute approximate surface area is 481 Å². The molecule has 0 aromatic carbocycles. The monoisotopic (exact) mass is 1130 g/mol. The van der Waals surface area contributed by atoms with Crippen LogP contribution in [0.5, 0.6) is 0 Å². The number of likely N-dealkylation sites (tertiary alicyclic amines) is 3. The van der Waals surface area contributed by atoms with Crippen LogP contribution in [0.3, 0.4) is 0 Å². The van der Waals surface area contributed by atoms with Gasteiger partial charge in [0.15, 0.2) is 0 Å². The fourth-order valence-electron chi connectivity index (χ4n) is 12.4. The lowest BCUT2D eigenvalue weighted by Gasteiger charge is -2.41. The highest BCUT2D eigenvalue weighted by Gasteiger charge is 2.45. The molecule has 0 atom stereocenters. The summed E-state index contributed by atoms with van der Waals surface area (Å²) in [5.74, 6) is -8.59. The van der Waals surface area contributed by atoms with Gasteiger partial charge in [0, 0.05) is 115 Å². The summed E-state index contributed by atoms with van der Waals surface area (Å²) in [7, 11) is 0. The molecule has 440 valence electrons. The van der Waals surface area contributed by atoms with E-state index in [-0.39, 0.29) is 53.1 Å². The zero-order valence-electron chi connectivity index (χ0n) is 49.9. The average Bonchev–Trinajstić information content (AvgIpc) is 4.36. The molecule has 3 aliphatic carbocycles. The smallest absolute Gasteiger partial charge is 0.349 e. The van der Waals surface area contributed by atoms with Gasteiger partial charge in [-0.05, 0) is 93.3 Å². The molecule has 82 heavy (non-hydrogen) atoms. The number of rotatable bonds is 15. The molecule has 0 saturated carbocycles. The Bertz CT molecular complexity index is 2660. The van der Waals surface area contributed by atoms with E-state index in [1.807, 2.05) is 59.8 Å². The van der Waals surface area contributed by atoms with Gasteiger partial charge < -0.3 is 28.9 Å². The molecule has 3 aliphatic heterocycles. The Balaban J connectivity index is 1.45. The van der Waals surface area contributed by atoms with Gasteiger partial charge in [0.25, 0.3) is 0 Å². The number of carbonyl (C=O) groups is 9. The Hall–Kier alpha value is -7.86. The predicted octanol–water partition coefficient (Wildman–Crippen LogP) is 7.26. The molecule has 21 nitrogen and oxygen atoms in total. The molecule has 0 spiro atoms. The number of ether oxygens (including phenoxy) is 3. The molecule has 0 unspecified atom stereocenters. The van der Waals surface area contributed by atoms with Gasteiger partial charge in [0.2, 0.25) is 35.4 Å². The molecule has 3 fully saturated rings. The fourth-order valence-corrected chi connectivity index (χ4v) is 12.4. The third kappa shape index (κ3) is 14.2. The van der Waals surface area contributed by atoms with Gasteiger partial charge in [0.05, 0.1) is 23.0 Å². The zero-order chi connectivity index (χ0) is 60.8. The number of hydrogen-bond donors (Lipinski definition) is 0. The molecular formula is C61H79N9O12. The van der Waals surface area contributed by atoms with E-state index >= 15 is 0 Å². The molecule has 6 aliphatic rings. The second-order valence-electron chi connectivity index (χ2n) is 24.7. The SMILES string of the molecule is CC(=O)N(C(C)=O)C1=C(N2CCCC2)CC(C)(C)C/C1=C(/C#N)C(=O)OCC(COC(=O)/C(C#N)=C1\CC(C)(C)CC(N2CCCC2)=C1N(C(C)=O)C(C)=O)COC(=O)/C(C#N)=C1\CC(C)(C)CC(N2CCCC2)=C1N(C(C)=O)C(C)=O. The topological polar surface area (TPSA) is 272 Å². The lowest BCUT2D eigenvalue weighted by molar-refractivity contribution is -0.149. The van der Waals surface area contributed by atoms with Gasteiger partial charge in [-0.3, -0.25) is 28.8 Å². The van der Waals surface area contributed by atoms with E-state index < -0.39 is 112 Å². The van der Waals surface area contributed by atoms with Gasteiger partial charge in [-0.25, -0.2) is 29.1 Å². The predicted molar refractivity (Wildman–Crippen MR) is 296 cm³/mol. The first kappa shape index (κ1) is 63.3. The van der Waals surface area contributed by atoms with Crippen LogP contribution in [0.25, 0.3) is 0 Å². The highest BCUT2D eigenvalue weighted by atomic mass is 16.6. The van der Waals surface area contributed by atoms with Gasteiger partial charge in [-0.2, -0.15) is 15.8 Å². The summed E-state index contributed by atoms with van der Waals surface area (Å²) in [6.45, 7) is 20.5. The van der Waals surface area contributed by atoms with Crippen molar-refractivity contribution in [3.63, 3.8) is 0 Å². The van der Waals surface area contributed by atoms with E-state index in [4.69, 9.17) is 14.2 Å².